The van der Waals surface area contributed by atoms with Crippen LogP contribution >= 0.6 is 0 Å². The third kappa shape index (κ3) is 7.37. The summed E-state index contributed by atoms with van der Waals surface area (Å²) in [5.41, 5.74) is 0. The minimum Gasteiger partial charge on any atom is -0.481 e. The highest BCUT2D eigenvalue weighted by Gasteiger charge is 2.12. The zero-order valence-corrected chi connectivity index (χ0v) is 10.2. The van der Waals surface area contributed by atoms with Gasteiger partial charge in [0.15, 0.2) is 0 Å². The Morgan fingerprint density at radius 2 is 2.00 bits per heavy atom. The number of carbonyl (C=O) groups is 1. The molecule has 0 aliphatic carbocycles. The summed E-state index contributed by atoms with van der Waals surface area (Å²) >= 11 is 0. The summed E-state index contributed by atoms with van der Waals surface area (Å²) < 4.78 is 5.43. The number of rotatable bonds is 9. The van der Waals surface area contributed by atoms with Crippen molar-refractivity contribution in [3.63, 3.8) is 0 Å². The summed E-state index contributed by atoms with van der Waals surface area (Å²) in [6.45, 7) is 7.05. The predicted molar refractivity (Wildman–Crippen MR) is 60.9 cm³/mol. The van der Waals surface area contributed by atoms with E-state index in [4.69, 9.17) is 9.84 Å². The lowest BCUT2D eigenvalue weighted by molar-refractivity contribution is -0.143. The van der Waals surface area contributed by atoms with Crippen LogP contribution in [0.5, 0.6) is 0 Å². The largest absolute Gasteiger partial charge is 0.481 e. The number of ether oxygens (including phenoxy) is 1. The molecule has 0 heterocycles. The molecule has 0 aromatic carbocycles. The van der Waals surface area contributed by atoms with Crippen LogP contribution in [0.4, 0.5) is 0 Å². The van der Waals surface area contributed by atoms with E-state index in [1.54, 1.807) is 6.92 Å². The maximum absolute atomic E-state index is 10.5. The van der Waals surface area contributed by atoms with Gasteiger partial charge >= 0.3 is 5.97 Å². The van der Waals surface area contributed by atoms with E-state index in [0.29, 0.717) is 19.1 Å². The fraction of sp³-hybridized carbons (Fsp3) is 0.917. The topological polar surface area (TPSA) is 46.5 Å². The molecule has 15 heavy (non-hydrogen) atoms. The molecule has 1 N–H and O–H groups in total. The van der Waals surface area contributed by atoms with E-state index in [1.165, 1.54) is 19.3 Å². The third-order valence-corrected chi connectivity index (χ3v) is 2.69. The summed E-state index contributed by atoms with van der Waals surface area (Å²) in [5.74, 6) is -0.587. The second-order valence-electron chi connectivity index (χ2n) is 4.19. The molecule has 3 nitrogen and oxygen atoms in total. The predicted octanol–water partition coefficient (Wildman–Crippen LogP) is 2.94. The van der Waals surface area contributed by atoms with Crippen molar-refractivity contribution in [3.05, 3.63) is 0 Å². The van der Waals surface area contributed by atoms with Crippen LogP contribution < -0.4 is 0 Å². The highest BCUT2D eigenvalue weighted by molar-refractivity contribution is 5.69. The molecule has 2 unspecified atom stereocenters. The van der Waals surface area contributed by atoms with Crippen LogP contribution in [0.2, 0.25) is 0 Å². The molecule has 0 spiro atoms. The van der Waals surface area contributed by atoms with Gasteiger partial charge in [-0.05, 0) is 19.3 Å². The molecule has 0 rings (SSSR count). The summed E-state index contributed by atoms with van der Waals surface area (Å²) in [5, 5.41) is 8.67. The summed E-state index contributed by atoms with van der Waals surface area (Å²) in [4.78, 5) is 10.5. The van der Waals surface area contributed by atoms with E-state index in [0.717, 1.165) is 6.42 Å². The third-order valence-electron chi connectivity index (χ3n) is 2.69. The van der Waals surface area contributed by atoms with E-state index >= 15 is 0 Å². The molecule has 0 amide bonds. The molecule has 0 aliphatic rings. The van der Waals surface area contributed by atoms with Crippen molar-refractivity contribution in [3.8, 4) is 0 Å². The van der Waals surface area contributed by atoms with Gasteiger partial charge in [-0.25, -0.2) is 0 Å². The van der Waals surface area contributed by atoms with E-state index in [-0.39, 0.29) is 0 Å². The van der Waals surface area contributed by atoms with Gasteiger partial charge in [-0.1, -0.05) is 33.1 Å². The van der Waals surface area contributed by atoms with Gasteiger partial charge in [0.2, 0.25) is 0 Å². The lowest BCUT2D eigenvalue weighted by Crippen LogP contribution is -2.19. The Hall–Kier alpha value is -0.570. The van der Waals surface area contributed by atoms with Crippen LogP contribution in [0.15, 0.2) is 0 Å². The van der Waals surface area contributed by atoms with Gasteiger partial charge in [0.1, 0.15) is 0 Å². The fourth-order valence-electron chi connectivity index (χ4n) is 1.38. The molecule has 0 saturated heterocycles. The Labute approximate surface area is 92.8 Å². The van der Waals surface area contributed by atoms with Gasteiger partial charge in [-0.3, -0.25) is 4.79 Å². The molecule has 0 fully saturated rings. The van der Waals surface area contributed by atoms with Crippen molar-refractivity contribution in [1.82, 2.24) is 0 Å². The van der Waals surface area contributed by atoms with Gasteiger partial charge in [0.25, 0.3) is 0 Å². The second-order valence-corrected chi connectivity index (χ2v) is 4.19. The number of aliphatic carboxylic acids is 1. The van der Waals surface area contributed by atoms with E-state index < -0.39 is 11.9 Å². The highest BCUT2D eigenvalue weighted by Crippen LogP contribution is 2.13. The Bertz CT molecular complexity index is 168. The molecule has 0 bridgehead atoms. The Morgan fingerprint density at radius 3 is 2.47 bits per heavy atom. The SMILES string of the molecule is CCCCC(CC)COCC(C)C(=O)O. The Balaban J connectivity index is 3.57. The van der Waals surface area contributed by atoms with Crippen LogP contribution in [-0.2, 0) is 9.53 Å². The molecular weight excluding hydrogens is 192 g/mol. The first kappa shape index (κ1) is 14.4. The molecule has 0 aromatic heterocycles. The smallest absolute Gasteiger partial charge is 0.308 e. The first-order chi connectivity index (χ1) is 7.11. The number of hydrogen-bond donors (Lipinski definition) is 1. The number of hydrogen-bond acceptors (Lipinski definition) is 2. The first-order valence-corrected chi connectivity index (χ1v) is 5.92. The molecule has 0 aliphatic heterocycles. The van der Waals surface area contributed by atoms with Crippen LogP contribution in [0.1, 0.15) is 46.5 Å². The van der Waals surface area contributed by atoms with E-state index in [9.17, 15) is 4.79 Å². The minimum atomic E-state index is -0.781. The van der Waals surface area contributed by atoms with Crippen LogP contribution in [0.3, 0.4) is 0 Å². The van der Waals surface area contributed by atoms with Crippen molar-refractivity contribution < 1.29 is 14.6 Å². The van der Waals surface area contributed by atoms with E-state index in [1.807, 2.05) is 0 Å². The lowest BCUT2D eigenvalue weighted by atomic mass is 10.0. The van der Waals surface area contributed by atoms with Gasteiger partial charge in [0.05, 0.1) is 12.5 Å². The second kappa shape index (κ2) is 8.72. The molecular formula is C12H24O3. The molecule has 90 valence electrons. The van der Waals surface area contributed by atoms with Crippen LogP contribution in [0.25, 0.3) is 0 Å². The van der Waals surface area contributed by atoms with Crippen LogP contribution in [-0.4, -0.2) is 24.3 Å². The first-order valence-electron chi connectivity index (χ1n) is 5.92. The Kier molecular flexibility index (Phi) is 8.38. The molecule has 2 atom stereocenters. The van der Waals surface area contributed by atoms with Crippen molar-refractivity contribution >= 4 is 5.97 Å². The zero-order valence-electron chi connectivity index (χ0n) is 10.2. The maximum atomic E-state index is 10.5. The van der Waals surface area contributed by atoms with Crippen molar-refractivity contribution in [2.75, 3.05) is 13.2 Å². The van der Waals surface area contributed by atoms with Gasteiger partial charge in [0, 0.05) is 6.61 Å². The highest BCUT2D eigenvalue weighted by atomic mass is 16.5. The van der Waals surface area contributed by atoms with Gasteiger partial charge < -0.3 is 9.84 Å². The quantitative estimate of drug-likeness (QED) is 0.644. The molecule has 3 heteroatoms. The van der Waals surface area contributed by atoms with Crippen molar-refractivity contribution in [1.29, 1.82) is 0 Å². The fourth-order valence-corrected chi connectivity index (χ4v) is 1.38. The molecule has 0 saturated carbocycles. The van der Waals surface area contributed by atoms with E-state index in [2.05, 4.69) is 13.8 Å². The standard InChI is InChI=1S/C12H24O3/c1-4-6-7-11(5-2)9-15-8-10(3)12(13)14/h10-11H,4-9H2,1-3H3,(H,13,14). The summed E-state index contributed by atoms with van der Waals surface area (Å²) in [6, 6.07) is 0. The molecule has 0 aromatic rings. The van der Waals surface area contributed by atoms with Gasteiger partial charge in [-0.2, -0.15) is 0 Å². The lowest BCUT2D eigenvalue weighted by Gasteiger charge is -2.15. The van der Waals surface area contributed by atoms with Crippen LogP contribution in [0, 0.1) is 11.8 Å². The normalized spacial score (nSPS) is 14.9. The summed E-state index contributed by atoms with van der Waals surface area (Å²) in [7, 11) is 0. The Morgan fingerprint density at radius 1 is 1.33 bits per heavy atom. The van der Waals surface area contributed by atoms with Gasteiger partial charge in [-0.15, -0.1) is 0 Å². The monoisotopic (exact) mass is 216 g/mol. The van der Waals surface area contributed by atoms with Crippen molar-refractivity contribution in [2.24, 2.45) is 11.8 Å². The maximum Gasteiger partial charge on any atom is 0.308 e. The number of unbranched alkanes of at least 4 members (excludes halogenated alkanes) is 1. The average molecular weight is 216 g/mol. The minimum absolute atomic E-state index is 0.331. The summed E-state index contributed by atoms with van der Waals surface area (Å²) in [6.07, 6.45) is 4.74. The number of carboxylic acid groups (broad SMARTS) is 1. The zero-order chi connectivity index (χ0) is 11.7. The van der Waals surface area contributed by atoms with Crippen molar-refractivity contribution in [2.45, 2.75) is 46.5 Å². The number of carboxylic acids is 1. The molecule has 0 radical (unpaired) electrons. The average Bonchev–Trinajstić information content (AvgIpc) is 2.22.